The largest absolute Gasteiger partial charge is 0.465 e. The van der Waals surface area contributed by atoms with Crippen molar-refractivity contribution in [1.29, 1.82) is 0 Å². The number of ether oxygens (including phenoxy) is 1. The number of benzene rings is 1. The molecule has 0 radical (unpaired) electrons. The molecule has 10 heteroatoms. The smallest absolute Gasteiger partial charge is 0.405 e. The molecular formula is C29H44N4O5Si. The van der Waals surface area contributed by atoms with E-state index >= 15 is 0 Å². The molecule has 0 spiro atoms. The van der Waals surface area contributed by atoms with Gasteiger partial charge in [0.05, 0.1) is 28.9 Å². The summed E-state index contributed by atoms with van der Waals surface area (Å²) in [7, 11) is -0.210. The third-order valence-corrected chi connectivity index (χ3v) is 13.2. The first-order valence-electron chi connectivity index (χ1n) is 13.9. The molecule has 214 valence electrons. The van der Waals surface area contributed by atoms with Crippen LogP contribution in [0.15, 0.2) is 22.7 Å². The van der Waals surface area contributed by atoms with Crippen molar-refractivity contribution in [2.45, 2.75) is 103 Å². The molecule has 0 unspecified atom stereocenters. The van der Waals surface area contributed by atoms with Crippen molar-refractivity contribution < 1.29 is 23.6 Å². The first kappa shape index (κ1) is 29.3. The van der Waals surface area contributed by atoms with Crippen LogP contribution in [0.4, 0.5) is 4.79 Å². The minimum Gasteiger partial charge on any atom is -0.465 e. The molecule has 3 aromatic rings. The zero-order valence-corrected chi connectivity index (χ0v) is 25.6. The molecule has 1 saturated carbocycles. The molecule has 1 aromatic carbocycles. The van der Waals surface area contributed by atoms with Crippen molar-refractivity contribution in [3.05, 3.63) is 35.5 Å². The molecule has 1 fully saturated rings. The predicted molar refractivity (Wildman–Crippen MR) is 155 cm³/mol. The van der Waals surface area contributed by atoms with Gasteiger partial charge in [0.25, 0.3) is 0 Å². The molecule has 9 nitrogen and oxygen atoms in total. The molecular weight excluding hydrogens is 512 g/mol. The van der Waals surface area contributed by atoms with Gasteiger partial charge in [-0.05, 0) is 81.8 Å². The van der Waals surface area contributed by atoms with Crippen molar-refractivity contribution in [1.82, 2.24) is 20.0 Å². The maximum absolute atomic E-state index is 12.0. The van der Waals surface area contributed by atoms with E-state index in [0.717, 1.165) is 65.1 Å². The fourth-order valence-corrected chi connectivity index (χ4v) is 6.46. The minimum atomic E-state index is -1.98. The van der Waals surface area contributed by atoms with E-state index in [0.29, 0.717) is 13.0 Å². The number of nitrogens with one attached hydrogen (secondary N) is 1. The standard InChI is InChI=1S/C29H44N4O5Si/c1-18-26(19(2)38-32-18)20-9-14-25-24(17-20)30-27(33(25)21-10-12-22(36-6)13-11-21)23(31-28(34)35)15-16-37-39(7,8)29(3,4)5/h9,14,17,21-23,31H,10-13,15-16H2,1-8H3,(H,34,35)/t21-,22-,23-/m0/s1. The highest BCUT2D eigenvalue weighted by molar-refractivity contribution is 6.74. The molecule has 0 bridgehead atoms. The third kappa shape index (κ3) is 6.23. The van der Waals surface area contributed by atoms with Crippen molar-refractivity contribution >= 4 is 25.4 Å². The van der Waals surface area contributed by atoms with Crippen LogP contribution in [0.3, 0.4) is 0 Å². The van der Waals surface area contributed by atoms with E-state index in [4.69, 9.17) is 18.7 Å². The SMILES string of the molecule is CO[C@H]1CC[C@H](n2c([C@H](CCO[Si](C)(C)C(C)(C)C)NC(=O)O)nc3cc(-c4c(C)noc4C)ccc32)CC1. The molecule has 2 aromatic heterocycles. The summed E-state index contributed by atoms with van der Waals surface area (Å²) in [4.78, 5) is 17.0. The van der Waals surface area contributed by atoms with Gasteiger partial charge in [-0.15, -0.1) is 0 Å². The van der Waals surface area contributed by atoms with Crippen molar-refractivity contribution in [3.8, 4) is 11.1 Å². The number of nitrogens with zero attached hydrogens (tertiary/aromatic N) is 3. The second kappa shape index (κ2) is 11.4. The summed E-state index contributed by atoms with van der Waals surface area (Å²) < 4.78 is 19.7. The van der Waals surface area contributed by atoms with E-state index in [-0.39, 0.29) is 17.2 Å². The lowest BCUT2D eigenvalue weighted by molar-refractivity contribution is 0.0583. The van der Waals surface area contributed by atoms with Crippen LogP contribution in [0.1, 0.15) is 82.2 Å². The molecule has 0 aliphatic heterocycles. The number of rotatable bonds is 9. The number of amides is 1. The van der Waals surface area contributed by atoms with Crippen molar-refractivity contribution in [2.75, 3.05) is 13.7 Å². The van der Waals surface area contributed by atoms with Crippen LogP contribution in [0.2, 0.25) is 18.1 Å². The average Bonchev–Trinajstić information content (AvgIpc) is 3.41. The monoisotopic (exact) mass is 556 g/mol. The highest BCUT2D eigenvalue weighted by Gasteiger charge is 2.37. The summed E-state index contributed by atoms with van der Waals surface area (Å²) >= 11 is 0. The van der Waals surface area contributed by atoms with Gasteiger partial charge in [-0.25, -0.2) is 9.78 Å². The minimum absolute atomic E-state index is 0.0739. The number of imidazole rings is 1. The van der Waals surface area contributed by atoms with E-state index in [2.05, 4.69) is 67.1 Å². The van der Waals surface area contributed by atoms with Crippen LogP contribution in [0.5, 0.6) is 0 Å². The Morgan fingerprint density at radius 1 is 1.23 bits per heavy atom. The highest BCUT2D eigenvalue weighted by Crippen LogP contribution is 2.39. The quantitative estimate of drug-likeness (QED) is 0.269. The van der Waals surface area contributed by atoms with Gasteiger partial charge in [-0.1, -0.05) is 32.0 Å². The Labute approximate surface area is 232 Å². The lowest BCUT2D eigenvalue weighted by Gasteiger charge is -2.36. The molecule has 1 aliphatic rings. The second-order valence-corrected chi connectivity index (χ2v) is 17.1. The summed E-state index contributed by atoms with van der Waals surface area (Å²) in [5.74, 6) is 1.50. The lowest BCUT2D eigenvalue weighted by atomic mass is 9.92. The number of hydrogen-bond donors (Lipinski definition) is 2. The summed E-state index contributed by atoms with van der Waals surface area (Å²) in [6.45, 7) is 15.4. The van der Waals surface area contributed by atoms with Gasteiger partial charge < -0.3 is 28.7 Å². The van der Waals surface area contributed by atoms with Gasteiger partial charge in [-0.3, -0.25) is 0 Å². The zero-order chi connectivity index (χ0) is 28.5. The van der Waals surface area contributed by atoms with Gasteiger partial charge in [0.1, 0.15) is 11.6 Å². The van der Waals surface area contributed by atoms with Crippen molar-refractivity contribution in [3.63, 3.8) is 0 Å². The summed E-state index contributed by atoms with van der Waals surface area (Å²) in [6.07, 6.45) is 3.52. The number of fused-ring (bicyclic) bond motifs is 1. The molecule has 39 heavy (non-hydrogen) atoms. The first-order chi connectivity index (χ1) is 18.3. The van der Waals surface area contributed by atoms with Crippen molar-refractivity contribution in [2.24, 2.45) is 0 Å². The molecule has 2 heterocycles. The number of aromatic nitrogens is 3. The van der Waals surface area contributed by atoms with E-state index in [9.17, 15) is 9.90 Å². The van der Waals surface area contributed by atoms with E-state index < -0.39 is 20.5 Å². The zero-order valence-electron chi connectivity index (χ0n) is 24.6. The predicted octanol–water partition coefficient (Wildman–Crippen LogP) is 7.16. The molecule has 0 saturated heterocycles. The molecule has 2 N–H and O–H groups in total. The molecule has 1 atom stereocenters. The van der Waals surface area contributed by atoms with Gasteiger partial charge in [0, 0.05) is 25.3 Å². The second-order valence-electron chi connectivity index (χ2n) is 12.3. The summed E-state index contributed by atoms with van der Waals surface area (Å²) in [6, 6.07) is 5.95. The van der Waals surface area contributed by atoms with Crippen LogP contribution in [-0.4, -0.2) is 54.0 Å². The van der Waals surface area contributed by atoms with Crippen LogP contribution in [0.25, 0.3) is 22.2 Å². The molecule has 1 amide bonds. The fourth-order valence-electron chi connectivity index (χ4n) is 5.40. The number of aryl methyl sites for hydroxylation is 2. The Balaban J connectivity index is 1.75. The summed E-state index contributed by atoms with van der Waals surface area (Å²) in [5, 5.41) is 16.7. The first-order valence-corrected chi connectivity index (χ1v) is 16.8. The maximum Gasteiger partial charge on any atom is 0.405 e. The Hall–Kier alpha value is -2.69. The molecule has 4 rings (SSSR count). The number of hydrogen-bond acceptors (Lipinski definition) is 6. The van der Waals surface area contributed by atoms with Gasteiger partial charge in [-0.2, -0.15) is 0 Å². The van der Waals surface area contributed by atoms with Crippen LogP contribution in [0, 0.1) is 13.8 Å². The normalized spacial score (nSPS) is 19.4. The Morgan fingerprint density at radius 3 is 2.49 bits per heavy atom. The van der Waals surface area contributed by atoms with Crippen LogP contribution in [-0.2, 0) is 9.16 Å². The average molecular weight is 557 g/mol. The number of carbonyl (C=O) groups is 1. The van der Waals surface area contributed by atoms with Crippen LogP contribution >= 0.6 is 0 Å². The van der Waals surface area contributed by atoms with Gasteiger partial charge >= 0.3 is 6.09 Å². The van der Waals surface area contributed by atoms with Crippen LogP contribution < -0.4 is 5.32 Å². The Kier molecular flexibility index (Phi) is 8.58. The van der Waals surface area contributed by atoms with Gasteiger partial charge in [0.2, 0.25) is 0 Å². The topological polar surface area (TPSA) is 112 Å². The Bertz CT molecular complexity index is 1280. The Morgan fingerprint density at radius 2 is 1.92 bits per heavy atom. The number of carboxylic acid groups (broad SMARTS) is 1. The lowest BCUT2D eigenvalue weighted by Crippen LogP contribution is -2.41. The van der Waals surface area contributed by atoms with Gasteiger partial charge in [0.15, 0.2) is 8.32 Å². The highest BCUT2D eigenvalue weighted by atomic mass is 28.4. The van der Waals surface area contributed by atoms with E-state index in [1.165, 1.54) is 0 Å². The van der Waals surface area contributed by atoms with E-state index in [1.54, 1.807) is 7.11 Å². The number of methoxy groups -OCH3 is 1. The fraction of sp³-hybridized carbons (Fsp3) is 0.621. The van der Waals surface area contributed by atoms with E-state index in [1.807, 2.05) is 13.8 Å². The third-order valence-electron chi connectivity index (χ3n) is 8.67. The summed E-state index contributed by atoms with van der Waals surface area (Å²) in [5.41, 5.74) is 4.62. The maximum atomic E-state index is 12.0. The molecule has 1 aliphatic carbocycles.